The molecule has 4 nitrogen and oxygen atoms in total. The summed E-state index contributed by atoms with van der Waals surface area (Å²) in [5.41, 5.74) is 1.72. The van der Waals surface area contributed by atoms with Crippen molar-refractivity contribution in [3.05, 3.63) is 41.6 Å². The van der Waals surface area contributed by atoms with Gasteiger partial charge in [-0.1, -0.05) is 0 Å². The maximum Gasteiger partial charge on any atom is 0.140 e. The van der Waals surface area contributed by atoms with Gasteiger partial charge in [-0.3, -0.25) is 4.68 Å². The number of nitrogens with zero attached hydrogens (tertiary/aromatic N) is 2. The first-order valence-corrected chi connectivity index (χ1v) is 4.40. The Hall–Kier alpha value is -1.55. The van der Waals surface area contributed by atoms with Crippen molar-refractivity contribution in [3.63, 3.8) is 0 Å². The van der Waals surface area contributed by atoms with Crippen molar-refractivity contribution >= 4 is 0 Å². The predicted octanol–water partition coefficient (Wildman–Crippen LogP) is 1.40. The third kappa shape index (κ3) is 1.33. The van der Waals surface area contributed by atoms with Crippen molar-refractivity contribution in [2.45, 2.75) is 13.0 Å². The summed E-state index contributed by atoms with van der Waals surface area (Å²) in [5.74, 6) is 0.543. The van der Waals surface area contributed by atoms with Crippen LogP contribution in [0.3, 0.4) is 0 Å². The van der Waals surface area contributed by atoms with E-state index in [4.69, 9.17) is 4.42 Å². The van der Waals surface area contributed by atoms with Crippen molar-refractivity contribution in [1.29, 1.82) is 0 Å². The number of aryl methyl sites for hydroxylation is 1. The zero-order valence-corrected chi connectivity index (χ0v) is 8.14. The molecule has 1 unspecified atom stereocenters. The molecule has 1 atom stereocenters. The van der Waals surface area contributed by atoms with E-state index in [0.717, 1.165) is 11.3 Å². The summed E-state index contributed by atoms with van der Waals surface area (Å²) in [5, 5.41) is 14.0. The van der Waals surface area contributed by atoms with E-state index in [9.17, 15) is 5.11 Å². The number of aliphatic hydroxyl groups excluding tert-OH is 1. The maximum atomic E-state index is 9.93. The molecule has 0 saturated carbocycles. The first kappa shape index (κ1) is 9.02. The SMILES string of the molecule is Cc1c(C(O)c2ccco2)cnn1C. The molecule has 4 heteroatoms. The average molecular weight is 192 g/mol. The van der Waals surface area contributed by atoms with Crippen LogP contribution in [-0.4, -0.2) is 14.9 Å². The fraction of sp³-hybridized carbons (Fsp3) is 0.300. The number of aliphatic hydroxyl groups is 1. The van der Waals surface area contributed by atoms with Gasteiger partial charge in [0.05, 0.1) is 12.5 Å². The molecule has 0 spiro atoms. The minimum atomic E-state index is -0.723. The zero-order valence-electron chi connectivity index (χ0n) is 8.14. The fourth-order valence-corrected chi connectivity index (χ4v) is 1.38. The molecule has 0 aromatic carbocycles. The minimum absolute atomic E-state index is 0.543. The lowest BCUT2D eigenvalue weighted by molar-refractivity contribution is 0.188. The van der Waals surface area contributed by atoms with Crippen LogP contribution in [0.2, 0.25) is 0 Å². The number of aromatic nitrogens is 2. The van der Waals surface area contributed by atoms with Crippen LogP contribution in [0.4, 0.5) is 0 Å². The second kappa shape index (κ2) is 3.31. The van der Waals surface area contributed by atoms with E-state index >= 15 is 0 Å². The third-order valence-electron chi connectivity index (χ3n) is 2.38. The summed E-state index contributed by atoms with van der Waals surface area (Å²) in [7, 11) is 1.84. The van der Waals surface area contributed by atoms with E-state index in [1.807, 2.05) is 14.0 Å². The lowest BCUT2D eigenvalue weighted by Gasteiger charge is -2.06. The van der Waals surface area contributed by atoms with Crippen LogP contribution in [0.1, 0.15) is 23.1 Å². The first-order chi connectivity index (χ1) is 6.70. The minimum Gasteiger partial charge on any atom is -0.466 e. The van der Waals surface area contributed by atoms with Crippen LogP contribution in [0, 0.1) is 6.92 Å². The van der Waals surface area contributed by atoms with Crippen molar-refractivity contribution in [2.75, 3.05) is 0 Å². The molecular formula is C10H12N2O2. The van der Waals surface area contributed by atoms with Gasteiger partial charge in [0.2, 0.25) is 0 Å². The van der Waals surface area contributed by atoms with Crippen LogP contribution < -0.4 is 0 Å². The van der Waals surface area contributed by atoms with Crippen LogP contribution >= 0.6 is 0 Å². The summed E-state index contributed by atoms with van der Waals surface area (Å²) < 4.78 is 6.85. The summed E-state index contributed by atoms with van der Waals surface area (Å²) in [6.07, 6.45) is 2.48. The molecule has 0 aliphatic heterocycles. The Labute approximate surface area is 81.8 Å². The molecule has 0 radical (unpaired) electrons. The second-order valence-electron chi connectivity index (χ2n) is 3.23. The van der Waals surface area contributed by atoms with Crippen LogP contribution in [0.5, 0.6) is 0 Å². The molecule has 0 fully saturated rings. The highest BCUT2D eigenvalue weighted by Crippen LogP contribution is 2.24. The van der Waals surface area contributed by atoms with Gasteiger partial charge in [-0.15, -0.1) is 0 Å². The van der Waals surface area contributed by atoms with Gasteiger partial charge in [0.25, 0.3) is 0 Å². The van der Waals surface area contributed by atoms with E-state index < -0.39 is 6.10 Å². The third-order valence-corrected chi connectivity index (χ3v) is 2.38. The number of furan rings is 1. The molecule has 2 aromatic rings. The average Bonchev–Trinajstić information content (AvgIpc) is 2.77. The molecule has 0 aliphatic carbocycles. The molecule has 0 aliphatic rings. The molecule has 14 heavy (non-hydrogen) atoms. The molecule has 2 rings (SSSR count). The van der Waals surface area contributed by atoms with Gasteiger partial charge in [0.15, 0.2) is 0 Å². The summed E-state index contributed by atoms with van der Waals surface area (Å²) >= 11 is 0. The van der Waals surface area contributed by atoms with Crippen molar-refractivity contribution in [1.82, 2.24) is 9.78 Å². The molecule has 74 valence electrons. The molecule has 0 saturated heterocycles. The van der Waals surface area contributed by atoms with Gasteiger partial charge >= 0.3 is 0 Å². The monoisotopic (exact) mass is 192 g/mol. The van der Waals surface area contributed by atoms with Gasteiger partial charge in [0, 0.05) is 18.3 Å². The largest absolute Gasteiger partial charge is 0.466 e. The Bertz CT molecular complexity index is 417. The van der Waals surface area contributed by atoms with E-state index in [2.05, 4.69) is 5.10 Å². The number of hydrogen-bond acceptors (Lipinski definition) is 3. The van der Waals surface area contributed by atoms with Crippen LogP contribution in [0.25, 0.3) is 0 Å². The van der Waals surface area contributed by atoms with Crippen molar-refractivity contribution in [2.24, 2.45) is 7.05 Å². The van der Waals surface area contributed by atoms with E-state index in [-0.39, 0.29) is 0 Å². The zero-order chi connectivity index (χ0) is 10.1. The highest BCUT2D eigenvalue weighted by molar-refractivity contribution is 5.25. The summed E-state index contributed by atoms with van der Waals surface area (Å²) in [6, 6.07) is 3.50. The Balaban J connectivity index is 2.36. The maximum absolute atomic E-state index is 9.93. The molecule has 2 aromatic heterocycles. The predicted molar refractivity (Wildman–Crippen MR) is 50.7 cm³/mol. The Kier molecular flexibility index (Phi) is 2.13. The standard InChI is InChI=1S/C10H12N2O2/c1-7-8(6-11-12(7)2)10(13)9-4-3-5-14-9/h3-6,10,13H,1-2H3. The summed E-state index contributed by atoms with van der Waals surface area (Å²) in [4.78, 5) is 0. The fourth-order valence-electron chi connectivity index (χ4n) is 1.38. The second-order valence-corrected chi connectivity index (χ2v) is 3.23. The van der Waals surface area contributed by atoms with Gasteiger partial charge in [0.1, 0.15) is 11.9 Å². The van der Waals surface area contributed by atoms with Crippen molar-refractivity contribution < 1.29 is 9.52 Å². The molecule has 0 bridgehead atoms. The smallest absolute Gasteiger partial charge is 0.140 e. The van der Waals surface area contributed by atoms with E-state index in [1.54, 1.807) is 29.3 Å². The normalized spacial score (nSPS) is 13.1. The molecule has 1 N–H and O–H groups in total. The van der Waals surface area contributed by atoms with Crippen LogP contribution in [0.15, 0.2) is 29.0 Å². The Morgan fingerprint density at radius 1 is 1.57 bits per heavy atom. The quantitative estimate of drug-likeness (QED) is 0.782. The summed E-state index contributed by atoms with van der Waals surface area (Å²) in [6.45, 7) is 1.91. The highest BCUT2D eigenvalue weighted by Gasteiger charge is 2.17. The molecule has 0 amide bonds. The van der Waals surface area contributed by atoms with E-state index in [0.29, 0.717) is 5.76 Å². The first-order valence-electron chi connectivity index (χ1n) is 4.40. The Morgan fingerprint density at radius 2 is 2.36 bits per heavy atom. The number of rotatable bonds is 2. The van der Waals surface area contributed by atoms with Crippen molar-refractivity contribution in [3.8, 4) is 0 Å². The van der Waals surface area contributed by atoms with E-state index in [1.165, 1.54) is 0 Å². The molecule has 2 heterocycles. The Morgan fingerprint density at radius 3 is 2.86 bits per heavy atom. The number of hydrogen-bond donors (Lipinski definition) is 1. The topological polar surface area (TPSA) is 51.2 Å². The van der Waals surface area contributed by atoms with Gasteiger partial charge in [-0.25, -0.2) is 0 Å². The molecular weight excluding hydrogens is 180 g/mol. The van der Waals surface area contributed by atoms with Gasteiger partial charge < -0.3 is 9.52 Å². The lowest BCUT2D eigenvalue weighted by atomic mass is 10.1. The van der Waals surface area contributed by atoms with Gasteiger partial charge in [-0.05, 0) is 19.1 Å². The van der Waals surface area contributed by atoms with Crippen LogP contribution in [-0.2, 0) is 7.05 Å². The highest BCUT2D eigenvalue weighted by atomic mass is 16.4. The lowest BCUT2D eigenvalue weighted by Crippen LogP contribution is -2.00. The van der Waals surface area contributed by atoms with Gasteiger partial charge in [-0.2, -0.15) is 5.10 Å².